The number of hydrogen-bond donors (Lipinski definition) is 2. The lowest BCUT2D eigenvalue weighted by Gasteiger charge is -2.18. The molecule has 0 aliphatic carbocycles. The number of nitrogens with one attached hydrogen (secondary N) is 1. The zero-order valence-electron chi connectivity index (χ0n) is 10.3. The molecule has 1 aliphatic rings. The van der Waals surface area contributed by atoms with Crippen molar-refractivity contribution in [2.75, 3.05) is 39.9 Å². The van der Waals surface area contributed by atoms with Gasteiger partial charge in [0.2, 0.25) is 0 Å². The van der Waals surface area contributed by atoms with Gasteiger partial charge in [0.1, 0.15) is 0 Å². The third-order valence-electron chi connectivity index (χ3n) is 2.60. The summed E-state index contributed by atoms with van der Waals surface area (Å²) < 4.78 is 41.3. The van der Waals surface area contributed by atoms with Gasteiger partial charge in [0.25, 0.3) is 0 Å². The van der Waals surface area contributed by atoms with Gasteiger partial charge in [-0.05, 0) is 6.42 Å². The van der Waals surface area contributed by atoms with E-state index in [1.54, 1.807) is 7.11 Å². The van der Waals surface area contributed by atoms with Gasteiger partial charge in [0.15, 0.2) is 5.96 Å². The fraction of sp³-hybridized carbons (Fsp3) is 0.900. The molecule has 3 N–H and O–H groups in total. The minimum absolute atomic E-state index is 0.0707. The van der Waals surface area contributed by atoms with Gasteiger partial charge in [-0.15, -0.1) is 0 Å². The van der Waals surface area contributed by atoms with Crippen molar-refractivity contribution in [1.29, 1.82) is 0 Å². The normalized spacial score (nSPS) is 22.4. The number of nitrogens with zero attached hydrogens (tertiary/aromatic N) is 2. The Hall–Kier alpha value is -1.02. The molecule has 0 amide bonds. The molecule has 1 saturated heterocycles. The van der Waals surface area contributed by atoms with E-state index < -0.39 is 12.7 Å². The van der Waals surface area contributed by atoms with Gasteiger partial charge in [0.05, 0.1) is 19.7 Å². The van der Waals surface area contributed by atoms with Crippen molar-refractivity contribution in [3.63, 3.8) is 0 Å². The predicted octanol–water partition coefficient (Wildman–Crippen LogP) is 0.174. The molecule has 0 aromatic heterocycles. The molecule has 0 aromatic rings. The Kier molecular flexibility index (Phi) is 5.67. The Morgan fingerprint density at radius 2 is 2.28 bits per heavy atom. The van der Waals surface area contributed by atoms with Gasteiger partial charge in [-0.1, -0.05) is 0 Å². The van der Waals surface area contributed by atoms with Crippen molar-refractivity contribution < 1.29 is 17.9 Å². The fourth-order valence-corrected chi connectivity index (χ4v) is 1.86. The topological polar surface area (TPSA) is 62.9 Å². The third-order valence-corrected chi connectivity index (χ3v) is 2.60. The summed E-state index contributed by atoms with van der Waals surface area (Å²) in [6, 6.07) is -0.0707. The largest absolute Gasteiger partial charge is 0.401 e. The second kappa shape index (κ2) is 6.79. The third kappa shape index (κ3) is 6.06. The summed E-state index contributed by atoms with van der Waals surface area (Å²) in [6.45, 7) is 0.788. The van der Waals surface area contributed by atoms with Crippen LogP contribution in [-0.4, -0.2) is 63.0 Å². The number of aliphatic imine (C=N–C) groups is 1. The molecule has 8 heteroatoms. The predicted molar refractivity (Wildman–Crippen MR) is 62.4 cm³/mol. The first-order valence-electron chi connectivity index (χ1n) is 5.75. The molecule has 1 aliphatic heterocycles. The zero-order valence-corrected chi connectivity index (χ0v) is 10.3. The molecule has 1 fully saturated rings. The first-order chi connectivity index (χ1) is 8.40. The highest BCUT2D eigenvalue weighted by atomic mass is 19.4. The summed E-state index contributed by atoms with van der Waals surface area (Å²) in [5, 5.41) is 2.92. The summed E-state index contributed by atoms with van der Waals surface area (Å²) >= 11 is 0. The summed E-state index contributed by atoms with van der Waals surface area (Å²) in [5.74, 6) is 0.255. The van der Waals surface area contributed by atoms with E-state index in [9.17, 15) is 13.2 Å². The van der Waals surface area contributed by atoms with Crippen molar-refractivity contribution >= 4 is 5.96 Å². The van der Waals surface area contributed by atoms with E-state index in [1.807, 2.05) is 0 Å². The number of halogens is 3. The van der Waals surface area contributed by atoms with Crippen molar-refractivity contribution in [1.82, 2.24) is 10.2 Å². The summed E-state index contributed by atoms with van der Waals surface area (Å²) in [6.07, 6.45) is -3.51. The highest BCUT2D eigenvalue weighted by molar-refractivity contribution is 5.78. The van der Waals surface area contributed by atoms with E-state index in [4.69, 9.17) is 10.5 Å². The van der Waals surface area contributed by atoms with Crippen LogP contribution in [-0.2, 0) is 4.74 Å². The van der Waals surface area contributed by atoms with E-state index in [1.165, 1.54) is 4.90 Å². The summed E-state index contributed by atoms with van der Waals surface area (Å²) in [5.41, 5.74) is 5.61. The van der Waals surface area contributed by atoms with Crippen LogP contribution in [0.4, 0.5) is 13.2 Å². The summed E-state index contributed by atoms with van der Waals surface area (Å²) in [7, 11) is 1.56. The first-order valence-corrected chi connectivity index (χ1v) is 5.75. The molecule has 0 spiro atoms. The molecule has 1 unspecified atom stereocenters. The van der Waals surface area contributed by atoms with Gasteiger partial charge < -0.3 is 15.8 Å². The monoisotopic (exact) mass is 268 g/mol. The maximum atomic E-state index is 12.2. The molecule has 18 heavy (non-hydrogen) atoms. The Bertz CT molecular complexity index is 283. The number of methoxy groups -OCH3 is 1. The number of guanidine groups is 1. The second-order valence-electron chi connectivity index (χ2n) is 4.24. The fourth-order valence-electron chi connectivity index (χ4n) is 1.86. The van der Waals surface area contributed by atoms with Gasteiger partial charge in [-0.2, -0.15) is 13.2 Å². The van der Waals surface area contributed by atoms with Crippen LogP contribution in [0, 0.1) is 0 Å². The van der Waals surface area contributed by atoms with E-state index in [0.717, 1.165) is 0 Å². The van der Waals surface area contributed by atoms with Gasteiger partial charge in [0, 0.05) is 26.2 Å². The number of nitrogens with two attached hydrogens (primary N) is 1. The van der Waals surface area contributed by atoms with Crippen molar-refractivity contribution in [3.05, 3.63) is 0 Å². The molecular weight excluding hydrogens is 249 g/mol. The summed E-state index contributed by atoms with van der Waals surface area (Å²) in [4.78, 5) is 5.36. The van der Waals surface area contributed by atoms with E-state index in [0.29, 0.717) is 32.7 Å². The quantitative estimate of drug-likeness (QED) is 0.424. The average molecular weight is 268 g/mol. The molecule has 106 valence electrons. The van der Waals surface area contributed by atoms with Crippen LogP contribution in [0.2, 0.25) is 0 Å². The van der Waals surface area contributed by atoms with Gasteiger partial charge >= 0.3 is 6.18 Å². The standard InChI is InChI=1S/C10H19F3N4O/c1-18-5-3-15-9(14)16-8-2-4-17(6-8)7-10(11,12)13/h8H,2-7H2,1H3,(H3,14,15,16). The number of ether oxygens (including phenoxy) is 1. The number of likely N-dealkylation sites (tertiary alicyclic amines) is 1. The molecule has 0 bridgehead atoms. The zero-order chi connectivity index (χ0) is 13.6. The molecular formula is C10H19F3N4O. The second-order valence-corrected chi connectivity index (χ2v) is 4.24. The highest BCUT2D eigenvalue weighted by Gasteiger charge is 2.34. The van der Waals surface area contributed by atoms with E-state index in [-0.39, 0.29) is 12.0 Å². The maximum absolute atomic E-state index is 12.2. The minimum atomic E-state index is -4.15. The van der Waals surface area contributed by atoms with Crippen LogP contribution < -0.4 is 11.1 Å². The Morgan fingerprint density at radius 1 is 1.56 bits per heavy atom. The van der Waals surface area contributed by atoms with Crippen LogP contribution in [0.1, 0.15) is 6.42 Å². The maximum Gasteiger partial charge on any atom is 0.401 e. The highest BCUT2D eigenvalue weighted by Crippen LogP contribution is 2.19. The van der Waals surface area contributed by atoms with Gasteiger partial charge in [-0.25, -0.2) is 0 Å². The number of alkyl halides is 3. The molecule has 1 heterocycles. The van der Waals surface area contributed by atoms with Crippen molar-refractivity contribution in [2.45, 2.75) is 18.6 Å². The van der Waals surface area contributed by atoms with Crippen LogP contribution in [0.15, 0.2) is 4.99 Å². The molecule has 0 radical (unpaired) electrons. The molecule has 1 rings (SSSR count). The van der Waals surface area contributed by atoms with Crippen LogP contribution in [0.3, 0.4) is 0 Å². The number of rotatable bonds is 5. The lowest BCUT2D eigenvalue weighted by Crippen LogP contribution is -2.42. The molecule has 5 nitrogen and oxygen atoms in total. The van der Waals surface area contributed by atoms with Crippen LogP contribution >= 0.6 is 0 Å². The Labute approximate surface area is 104 Å². The average Bonchev–Trinajstić information content (AvgIpc) is 2.63. The van der Waals surface area contributed by atoms with Crippen LogP contribution in [0.25, 0.3) is 0 Å². The Morgan fingerprint density at radius 3 is 2.89 bits per heavy atom. The van der Waals surface area contributed by atoms with Crippen molar-refractivity contribution in [3.8, 4) is 0 Å². The van der Waals surface area contributed by atoms with E-state index in [2.05, 4.69) is 10.3 Å². The first kappa shape index (κ1) is 15.0. The lowest BCUT2D eigenvalue weighted by molar-refractivity contribution is -0.143. The molecule has 1 atom stereocenters. The smallest absolute Gasteiger partial charge is 0.383 e. The molecule has 0 saturated carbocycles. The lowest BCUT2D eigenvalue weighted by atomic mass is 10.3. The van der Waals surface area contributed by atoms with Crippen molar-refractivity contribution in [2.24, 2.45) is 10.7 Å². The van der Waals surface area contributed by atoms with Gasteiger partial charge in [-0.3, -0.25) is 9.89 Å². The minimum Gasteiger partial charge on any atom is -0.383 e. The van der Waals surface area contributed by atoms with Crippen LogP contribution in [0.5, 0.6) is 0 Å². The SMILES string of the molecule is COCCN=C(N)NC1CCN(CC(F)(F)F)C1. The Balaban J connectivity index is 2.27. The molecule has 0 aromatic carbocycles. The number of hydrogen-bond acceptors (Lipinski definition) is 3. The van der Waals surface area contributed by atoms with E-state index >= 15 is 0 Å².